The molecule has 0 fully saturated rings. The molecule has 126 valence electrons. The smallest absolute Gasteiger partial charge is 0.376 e. The topological polar surface area (TPSA) is 86.5 Å². The standard InChI is InChI=1S/C14H27N3O4Si/c1-6-11(18)12-15-16-13(14(19)21-7-2)17(12)10-20-8-9-22(3,4)5/h11,18H,6-10H2,1-5H3. The van der Waals surface area contributed by atoms with Crippen LogP contribution < -0.4 is 0 Å². The summed E-state index contributed by atoms with van der Waals surface area (Å²) < 4.78 is 12.1. The van der Waals surface area contributed by atoms with Gasteiger partial charge in [-0.1, -0.05) is 26.6 Å². The van der Waals surface area contributed by atoms with Gasteiger partial charge in [-0.3, -0.25) is 4.57 Å². The van der Waals surface area contributed by atoms with Crippen LogP contribution in [0.25, 0.3) is 0 Å². The summed E-state index contributed by atoms with van der Waals surface area (Å²) in [5, 5.41) is 17.7. The predicted molar refractivity (Wildman–Crippen MR) is 85.3 cm³/mol. The van der Waals surface area contributed by atoms with Crippen LogP contribution in [0.2, 0.25) is 25.7 Å². The third-order valence-electron chi connectivity index (χ3n) is 3.14. The molecule has 0 aliphatic heterocycles. The van der Waals surface area contributed by atoms with Crippen LogP contribution in [0, 0.1) is 0 Å². The Kier molecular flexibility index (Phi) is 7.17. The van der Waals surface area contributed by atoms with Gasteiger partial charge in [-0.05, 0) is 19.4 Å². The van der Waals surface area contributed by atoms with Crippen LogP contribution in [0.4, 0.5) is 0 Å². The van der Waals surface area contributed by atoms with Crippen molar-refractivity contribution in [2.75, 3.05) is 13.2 Å². The second-order valence-corrected chi connectivity index (χ2v) is 11.9. The highest BCUT2D eigenvalue weighted by Gasteiger charge is 2.23. The van der Waals surface area contributed by atoms with E-state index in [1.165, 1.54) is 4.57 Å². The molecule has 0 saturated carbocycles. The summed E-state index contributed by atoms with van der Waals surface area (Å²) in [6.45, 7) is 11.4. The number of ether oxygens (including phenoxy) is 2. The SMILES string of the molecule is CCOC(=O)c1nnc(C(O)CC)n1COCC[Si](C)(C)C. The maximum absolute atomic E-state index is 11.9. The Hall–Kier alpha value is -1.25. The van der Waals surface area contributed by atoms with Crippen molar-refractivity contribution in [1.29, 1.82) is 0 Å². The van der Waals surface area contributed by atoms with E-state index in [1.807, 2.05) is 6.92 Å². The number of carbonyl (C=O) groups is 1. The summed E-state index contributed by atoms with van der Waals surface area (Å²) in [5.41, 5.74) is 0. The molecule has 0 bridgehead atoms. The maximum Gasteiger partial charge on any atom is 0.376 e. The summed E-state index contributed by atoms with van der Waals surface area (Å²) in [6, 6.07) is 1.02. The highest BCUT2D eigenvalue weighted by atomic mass is 28.3. The first kappa shape index (κ1) is 18.8. The lowest BCUT2D eigenvalue weighted by molar-refractivity contribution is 0.0446. The van der Waals surface area contributed by atoms with Crippen molar-refractivity contribution in [3.05, 3.63) is 11.6 Å². The molecule has 1 unspecified atom stereocenters. The van der Waals surface area contributed by atoms with Crippen molar-refractivity contribution < 1.29 is 19.4 Å². The number of rotatable bonds is 9. The fourth-order valence-corrected chi connectivity index (χ4v) is 2.51. The van der Waals surface area contributed by atoms with Gasteiger partial charge in [0.2, 0.25) is 5.82 Å². The summed E-state index contributed by atoms with van der Waals surface area (Å²) in [7, 11) is -1.18. The molecule has 22 heavy (non-hydrogen) atoms. The van der Waals surface area contributed by atoms with E-state index in [0.717, 1.165) is 6.04 Å². The lowest BCUT2D eigenvalue weighted by atomic mass is 10.2. The van der Waals surface area contributed by atoms with Gasteiger partial charge in [0.15, 0.2) is 5.82 Å². The van der Waals surface area contributed by atoms with Crippen molar-refractivity contribution in [1.82, 2.24) is 14.8 Å². The molecule has 0 amide bonds. The Labute approximate surface area is 132 Å². The van der Waals surface area contributed by atoms with Gasteiger partial charge in [0, 0.05) is 14.7 Å². The molecular formula is C14H27N3O4Si. The van der Waals surface area contributed by atoms with Crippen LogP contribution >= 0.6 is 0 Å². The number of aliphatic hydroxyl groups excluding tert-OH is 1. The molecule has 0 spiro atoms. The molecule has 0 aliphatic carbocycles. The Morgan fingerprint density at radius 1 is 1.32 bits per heavy atom. The summed E-state index contributed by atoms with van der Waals surface area (Å²) in [4.78, 5) is 11.9. The zero-order valence-electron chi connectivity index (χ0n) is 14.1. The number of hydrogen-bond donors (Lipinski definition) is 1. The molecule has 1 rings (SSSR count). The minimum atomic E-state index is -1.18. The fraction of sp³-hybridized carbons (Fsp3) is 0.786. The van der Waals surface area contributed by atoms with Gasteiger partial charge in [-0.15, -0.1) is 10.2 Å². The third kappa shape index (κ3) is 5.51. The van der Waals surface area contributed by atoms with Gasteiger partial charge < -0.3 is 14.6 Å². The highest BCUT2D eigenvalue weighted by molar-refractivity contribution is 6.76. The Bertz CT molecular complexity index is 485. The number of hydrogen-bond acceptors (Lipinski definition) is 6. The zero-order chi connectivity index (χ0) is 16.8. The van der Waals surface area contributed by atoms with E-state index in [2.05, 4.69) is 29.8 Å². The Morgan fingerprint density at radius 2 is 2.00 bits per heavy atom. The molecule has 0 aromatic carbocycles. The molecule has 0 aliphatic rings. The van der Waals surface area contributed by atoms with Crippen LogP contribution in [-0.4, -0.2) is 47.1 Å². The number of nitrogens with zero attached hydrogens (tertiary/aromatic N) is 3. The van der Waals surface area contributed by atoms with Gasteiger partial charge in [-0.25, -0.2) is 4.79 Å². The van der Waals surface area contributed by atoms with Crippen LogP contribution in [0.3, 0.4) is 0 Å². The van der Waals surface area contributed by atoms with Gasteiger partial charge in [-0.2, -0.15) is 0 Å². The molecule has 0 radical (unpaired) electrons. The van der Waals surface area contributed by atoms with Gasteiger partial charge >= 0.3 is 5.97 Å². The highest BCUT2D eigenvalue weighted by Crippen LogP contribution is 2.16. The van der Waals surface area contributed by atoms with Crippen molar-refractivity contribution in [2.45, 2.75) is 58.8 Å². The summed E-state index contributed by atoms with van der Waals surface area (Å²) >= 11 is 0. The fourth-order valence-electron chi connectivity index (χ4n) is 1.75. The molecule has 1 aromatic rings. The molecule has 1 heterocycles. The van der Waals surface area contributed by atoms with Crippen molar-refractivity contribution in [3.63, 3.8) is 0 Å². The number of esters is 1. The average Bonchev–Trinajstić information content (AvgIpc) is 2.86. The van der Waals surface area contributed by atoms with Crippen molar-refractivity contribution in [2.24, 2.45) is 0 Å². The lowest BCUT2D eigenvalue weighted by Gasteiger charge is -2.17. The van der Waals surface area contributed by atoms with E-state index < -0.39 is 20.1 Å². The second kappa shape index (κ2) is 8.40. The van der Waals surface area contributed by atoms with Gasteiger partial charge in [0.1, 0.15) is 12.8 Å². The van der Waals surface area contributed by atoms with Crippen molar-refractivity contribution in [3.8, 4) is 0 Å². The normalized spacial score (nSPS) is 13.2. The second-order valence-electron chi connectivity index (χ2n) is 6.30. The Morgan fingerprint density at radius 3 is 2.55 bits per heavy atom. The molecule has 8 heteroatoms. The van der Waals surface area contributed by atoms with E-state index in [0.29, 0.717) is 18.9 Å². The Balaban J connectivity index is 2.83. The van der Waals surface area contributed by atoms with Crippen LogP contribution in [0.1, 0.15) is 42.8 Å². The van der Waals surface area contributed by atoms with Crippen LogP contribution in [-0.2, 0) is 16.2 Å². The number of aliphatic hydroxyl groups is 1. The molecule has 0 saturated heterocycles. The van der Waals surface area contributed by atoms with Crippen LogP contribution in [0.15, 0.2) is 0 Å². The summed E-state index contributed by atoms with van der Waals surface area (Å²) in [6.07, 6.45) is -0.299. The van der Waals surface area contributed by atoms with E-state index in [1.54, 1.807) is 6.92 Å². The predicted octanol–water partition coefficient (Wildman–Crippen LogP) is 2.21. The number of carbonyl (C=O) groups excluding carboxylic acids is 1. The molecule has 1 atom stereocenters. The minimum absolute atomic E-state index is 0.0670. The van der Waals surface area contributed by atoms with Gasteiger partial charge in [0.05, 0.1) is 6.61 Å². The monoisotopic (exact) mass is 329 g/mol. The lowest BCUT2D eigenvalue weighted by Crippen LogP contribution is -2.23. The molecule has 1 N–H and O–H groups in total. The first-order chi connectivity index (χ1) is 10.3. The van der Waals surface area contributed by atoms with E-state index in [4.69, 9.17) is 9.47 Å². The number of aromatic nitrogens is 3. The summed E-state index contributed by atoms with van der Waals surface area (Å²) in [5.74, 6) is -0.158. The maximum atomic E-state index is 11.9. The van der Waals surface area contributed by atoms with Gasteiger partial charge in [0.25, 0.3) is 0 Å². The van der Waals surface area contributed by atoms with Crippen LogP contribution in [0.5, 0.6) is 0 Å². The molecular weight excluding hydrogens is 302 g/mol. The largest absolute Gasteiger partial charge is 0.460 e. The molecule has 7 nitrogen and oxygen atoms in total. The average molecular weight is 329 g/mol. The molecule has 1 aromatic heterocycles. The first-order valence-electron chi connectivity index (χ1n) is 7.66. The van der Waals surface area contributed by atoms with E-state index in [9.17, 15) is 9.90 Å². The zero-order valence-corrected chi connectivity index (χ0v) is 15.1. The third-order valence-corrected chi connectivity index (χ3v) is 4.84. The van der Waals surface area contributed by atoms with E-state index >= 15 is 0 Å². The minimum Gasteiger partial charge on any atom is -0.460 e. The quantitative estimate of drug-likeness (QED) is 0.425. The first-order valence-corrected chi connectivity index (χ1v) is 11.4. The van der Waals surface area contributed by atoms with Crippen molar-refractivity contribution >= 4 is 14.0 Å². The van der Waals surface area contributed by atoms with E-state index in [-0.39, 0.29) is 19.2 Å².